The van der Waals surface area contributed by atoms with Crippen LogP contribution in [0.5, 0.6) is 11.5 Å². The van der Waals surface area contributed by atoms with Gasteiger partial charge in [0.05, 0.1) is 6.54 Å². The number of rotatable bonds is 2. The molecule has 1 amide bonds. The molecule has 136 valence electrons. The third kappa shape index (κ3) is 2.61. The molecule has 1 aromatic carbocycles. The van der Waals surface area contributed by atoms with Crippen LogP contribution in [0.25, 0.3) is 0 Å². The van der Waals surface area contributed by atoms with Crippen molar-refractivity contribution in [1.29, 1.82) is 0 Å². The van der Waals surface area contributed by atoms with Crippen LogP contribution in [0, 0.1) is 0 Å². The van der Waals surface area contributed by atoms with Crippen molar-refractivity contribution in [3.8, 4) is 11.5 Å². The van der Waals surface area contributed by atoms with Crippen molar-refractivity contribution in [3.05, 3.63) is 35.4 Å². The lowest BCUT2D eigenvalue weighted by atomic mass is 9.99. The fraction of sp³-hybridized carbons (Fsp3) is 0.500. The second-order valence-corrected chi connectivity index (χ2v) is 6.96. The van der Waals surface area contributed by atoms with E-state index in [0.717, 1.165) is 37.7 Å². The third-order valence-electron chi connectivity index (χ3n) is 5.35. The van der Waals surface area contributed by atoms with Crippen LogP contribution < -0.4 is 14.8 Å². The predicted molar refractivity (Wildman–Crippen MR) is 92.2 cm³/mol. The molecule has 0 spiro atoms. The lowest BCUT2D eigenvalue weighted by molar-refractivity contribution is 0.0705. The zero-order valence-electron chi connectivity index (χ0n) is 14.5. The predicted octanol–water partition coefficient (Wildman–Crippen LogP) is 1.13. The van der Waals surface area contributed by atoms with Crippen molar-refractivity contribution in [1.82, 2.24) is 25.0 Å². The third-order valence-corrected chi connectivity index (χ3v) is 5.35. The first-order chi connectivity index (χ1) is 12.8. The van der Waals surface area contributed by atoms with E-state index in [9.17, 15) is 4.79 Å². The molecule has 5 rings (SSSR count). The summed E-state index contributed by atoms with van der Waals surface area (Å²) >= 11 is 0. The smallest absolute Gasteiger partial charge is 0.254 e. The number of carbonyl (C=O) groups excluding carboxylic acids is 1. The van der Waals surface area contributed by atoms with Gasteiger partial charge in [0, 0.05) is 31.1 Å². The standard InChI is InChI=1S/C18H21N5O3/c24-18(12-3-4-14-15(8-12)26-11-25-14)22-6-7-23-16(10-22)20-21-17(23)13-2-1-5-19-9-13/h3-4,8,13,19H,1-2,5-7,9-11H2. The van der Waals surface area contributed by atoms with Crippen molar-refractivity contribution in [3.63, 3.8) is 0 Å². The van der Waals surface area contributed by atoms with Gasteiger partial charge in [-0.05, 0) is 37.6 Å². The quantitative estimate of drug-likeness (QED) is 0.870. The maximum atomic E-state index is 12.9. The van der Waals surface area contributed by atoms with E-state index in [4.69, 9.17) is 9.47 Å². The van der Waals surface area contributed by atoms with E-state index in [0.29, 0.717) is 36.1 Å². The van der Waals surface area contributed by atoms with Gasteiger partial charge in [-0.3, -0.25) is 4.79 Å². The molecule has 3 aliphatic rings. The Bertz CT molecular complexity index is 843. The molecule has 1 aromatic heterocycles. The number of hydrogen-bond acceptors (Lipinski definition) is 6. The molecule has 4 heterocycles. The molecule has 0 bridgehead atoms. The number of fused-ring (bicyclic) bond motifs is 2. The lowest BCUT2D eigenvalue weighted by Gasteiger charge is -2.29. The summed E-state index contributed by atoms with van der Waals surface area (Å²) in [6.07, 6.45) is 2.31. The van der Waals surface area contributed by atoms with Gasteiger partial charge in [0.2, 0.25) is 6.79 Å². The molecule has 2 aromatic rings. The van der Waals surface area contributed by atoms with Crippen molar-refractivity contribution in [2.75, 3.05) is 26.4 Å². The van der Waals surface area contributed by atoms with Crippen LogP contribution in [0.4, 0.5) is 0 Å². The van der Waals surface area contributed by atoms with Crippen LogP contribution in [-0.2, 0) is 13.1 Å². The maximum Gasteiger partial charge on any atom is 0.254 e. The Hall–Kier alpha value is -2.61. The summed E-state index contributed by atoms with van der Waals surface area (Å²) in [6, 6.07) is 5.33. The zero-order valence-corrected chi connectivity index (χ0v) is 14.5. The van der Waals surface area contributed by atoms with Gasteiger partial charge in [0.1, 0.15) is 5.82 Å². The van der Waals surface area contributed by atoms with Gasteiger partial charge in [0.25, 0.3) is 5.91 Å². The van der Waals surface area contributed by atoms with Gasteiger partial charge in [-0.15, -0.1) is 10.2 Å². The van der Waals surface area contributed by atoms with Gasteiger partial charge in [0.15, 0.2) is 17.3 Å². The number of nitrogens with one attached hydrogen (secondary N) is 1. The van der Waals surface area contributed by atoms with Gasteiger partial charge in [-0.25, -0.2) is 0 Å². The summed E-state index contributed by atoms with van der Waals surface area (Å²) in [4.78, 5) is 14.7. The monoisotopic (exact) mass is 355 g/mol. The number of piperidine rings is 1. The second-order valence-electron chi connectivity index (χ2n) is 6.96. The Morgan fingerprint density at radius 1 is 1.19 bits per heavy atom. The minimum absolute atomic E-state index is 0.0153. The number of ether oxygens (including phenoxy) is 2. The molecule has 0 aliphatic carbocycles. The number of benzene rings is 1. The Morgan fingerprint density at radius 2 is 2.12 bits per heavy atom. The average molecular weight is 355 g/mol. The molecule has 1 fully saturated rings. The van der Waals surface area contributed by atoms with E-state index in [1.165, 1.54) is 6.42 Å². The minimum atomic E-state index is -0.0153. The van der Waals surface area contributed by atoms with E-state index in [2.05, 4.69) is 20.1 Å². The van der Waals surface area contributed by atoms with Gasteiger partial charge >= 0.3 is 0 Å². The first kappa shape index (κ1) is 15.6. The zero-order chi connectivity index (χ0) is 17.5. The summed E-state index contributed by atoms with van der Waals surface area (Å²) in [5.41, 5.74) is 0.610. The fourth-order valence-corrected chi connectivity index (χ4v) is 3.94. The number of carbonyl (C=O) groups is 1. The van der Waals surface area contributed by atoms with Gasteiger partial charge < -0.3 is 24.3 Å². The molecule has 1 saturated heterocycles. The number of aromatic nitrogens is 3. The summed E-state index contributed by atoms with van der Waals surface area (Å²) in [5, 5.41) is 12.2. The van der Waals surface area contributed by atoms with Crippen molar-refractivity contribution < 1.29 is 14.3 Å². The highest BCUT2D eigenvalue weighted by Gasteiger charge is 2.29. The van der Waals surface area contributed by atoms with Crippen LogP contribution in [0.15, 0.2) is 18.2 Å². The molecule has 26 heavy (non-hydrogen) atoms. The van der Waals surface area contributed by atoms with Crippen LogP contribution >= 0.6 is 0 Å². The van der Waals surface area contributed by atoms with E-state index in [1.807, 2.05) is 4.90 Å². The molecular formula is C18H21N5O3. The Kier molecular flexibility index (Phi) is 3.77. The largest absolute Gasteiger partial charge is 0.454 e. The topological polar surface area (TPSA) is 81.5 Å². The van der Waals surface area contributed by atoms with E-state index < -0.39 is 0 Å². The normalized spacial score (nSPS) is 21.5. The fourth-order valence-electron chi connectivity index (χ4n) is 3.94. The number of hydrogen-bond donors (Lipinski definition) is 1. The first-order valence-corrected chi connectivity index (χ1v) is 9.11. The highest BCUT2D eigenvalue weighted by Crippen LogP contribution is 2.33. The Morgan fingerprint density at radius 3 is 3.00 bits per heavy atom. The van der Waals surface area contributed by atoms with Crippen molar-refractivity contribution in [2.45, 2.75) is 31.8 Å². The Labute approximate surface area is 151 Å². The van der Waals surface area contributed by atoms with Crippen LogP contribution in [-0.4, -0.2) is 52.0 Å². The van der Waals surface area contributed by atoms with Crippen LogP contribution in [0.3, 0.4) is 0 Å². The average Bonchev–Trinajstić information content (AvgIpc) is 3.33. The van der Waals surface area contributed by atoms with Crippen molar-refractivity contribution >= 4 is 5.91 Å². The number of nitrogens with zero attached hydrogens (tertiary/aromatic N) is 4. The van der Waals surface area contributed by atoms with E-state index >= 15 is 0 Å². The number of amides is 1. The summed E-state index contributed by atoms with van der Waals surface area (Å²) < 4.78 is 12.9. The van der Waals surface area contributed by atoms with Gasteiger partial charge in [-0.1, -0.05) is 0 Å². The SMILES string of the molecule is O=C(c1ccc2c(c1)OCO2)N1CCn2c(nnc2C2CCCNC2)C1. The molecule has 1 atom stereocenters. The van der Waals surface area contributed by atoms with Crippen LogP contribution in [0.1, 0.15) is 40.8 Å². The van der Waals surface area contributed by atoms with Gasteiger partial charge in [-0.2, -0.15) is 0 Å². The molecule has 1 N–H and O–H groups in total. The summed E-state index contributed by atoms with van der Waals surface area (Å²) in [5.74, 6) is 3.64. The van der Waals surface area contributed by atoms with Crippen LogP contribution in [0.2, 0.25) is 0 Å². The maximum absolute atomic E-state index is 12.9. The molecule has 0 saturated carbocycles. The highest BCUT2D eigenvalue weighted by atomic mass is 16.7. The first-order valence-electron chi connectivity index (χ1n) is 9.11. The molecule has 0 radical (unpaired) electrons. The summed E-state index contributed by atoms with van der Waals surface area (Å²) in [6.45, 7) is 4.13. The molecule has 8 nitrogen and oxygen atoms in total. The summed E-state index contributed by atoms with van der Waals surface area (Å²) in [7, 11) is 0. The molecular weight excluding hydrogens is 334 g/mol. The van der Waals surface area contributed by atoms with E-state index in [1.54, 1.807) is 18.2 Å². The second kappa shape index (κ2) is 6.28. The van der Waals surface area contributed by atoms with Crippen molar-refractivity contribution in [2.24, 2.45) is 0 Å². The minimum Gasteiger partial charge on any atom is -0.454 e. The van der Waals surface area contributed by atoms with E-state index in [-0.39, 0.29) is 12.7 Å². The highest BCUT2D eigenvalue weighted by molar-refractivity contribution is 5.95. The molecule has 3 aliphatic heterocycles. The Balaban J connectivity index is 1.34. The molecule has 8 heteroatoms. The molecule has 1 unspecified atom stereocenters. The lowest BCUT2D eigenvalue weighted by Crippen LogP contribution is -2.39.